The van der Waals surface area contributed by atoms with Crippen molar-refractivity contribution in [1.29, 1.82) is 0 Å². The molecule has 0 aliphatic carbocycles. The molecule has 12 nitrogen and oxygen atoms in total. The molecule has 48 heavy (non-hydrogen) atoms. The molecule has 20 heteroatoms. The zero-order valence-corrected chi connectivity index (χ0v) is 23.7. The molecule has 4 heterocycles. The zero-order valence-electron chi connectivity index (χ0n) is 23.7. The van der Waals surface area contributed by atoms with E-state index in [0.717, 1.165) is 24.3 Å². The smallest absolute Gasteiger partial charge is 0.436 e. The van der Waals surface area contributed by atoms with Gasteiger partial charge >= 0.3 is 12.7 Å². The first-order chi connectivity index (χ1) is 22.8. The zero-order chi connectivity index (χ0) is 34.3. The predicted molar refractivity (Wildman–Crippen MR) is 143 cm³/mol. The minimum atomic E-state index is -4.96. The second-order valence-corrected chi connectivity index (χ2v) is 9.39. The van der Waals surface area contributed by atoms with Crippen LogP contribution >= 0.6 is 0 Å². The first-order valence-corrected chi connectivity index (χ1v) is 13.2. The molecule has 0 bridgehead atoms. The maximum atomic E-state index is 13.7. The van der Waals surface area contributed by atoms with Gasteiger partial charge in [0.15, 0.2) is 46.8 Å². The number of aromatic nitrogens is 4. The monoisotopic (exact) mass is 686 g/mol. The summed E-state index contributed by atoms with van der Waals surface area (Å²) in [6.07, 6.45) is -2.59. The molecule has 0 saturated heterocycles. The Kier molecular flexibility index (Phi) is 9.99. The van der Waals surface area contributed by atoms with Gasteiger partial charge in [-0.1, -0.05) is 22.4 Å². The summed E-state index contributed by atoms with van der Waals surface area (Å²) in [4.78, 5) is 25.3. The number of hydrogen-bond acceptors (Lipinski definition) is 12. The van der Waals surface area contributed by atoms with Gasteiger partial charge in [0.05, 0.1) is 37.6 Å². The Morgan fingerprint density at radius 2 is 0.958 bits per heavy atom. The summed E-state index contributed by atoms with van der Waals surface area (Å²) in [5.41, 5.74) is 0.599. The highest BCUT2D eigenvalue weighted by Gasteiger charge is 2.34. The van der Waals surface area contributed by atoms with Gasteiger partial charge in [0.2, 0.25) is 11.8 Å². The van der Waals surface area contributed by atoms with Crippen LogP contribution in [0.4, 0.5) is 35.1 Å². The van der Waals surface area contributed by atoms with Crippen LogP contribution in [0.25, 0.3) is 0 Å². The van der Waals surface area contributed by atoms with Crippen molar-refractivity contribution in [3.05, 3.63) is 96.6 Å². The van der Waals surface area contributed by atoms with Gasteiger partial charge in [-0.3, -0.25) is 0 Å². The van der Waals surface area contributed by atoms with Crippen molar-refractivity contribution < 1.29 is 63.7 Å². The summed E-state index contributed by atoms with van der Waals surface area (Å²) in [5, 5.41) is 7.41. The van der Waals surface area contributed by atoms with Gasteiger partial charge in [-0.25, -0.2) is 28.7 Å². The van der Waals surface area contributed by atoms with E-state index in [0.29, 0.717) is 22.6 Å². The van der Waals surface area contributed by atoms with Crippen molar-refractivity contribution >= 4 is 11.8 Å². The van der Waals surface area contributed by atoms with Gasteiger partial charge in [-0.15, -0.1) is 26.3 Å². The minimum Gasteiger partial charge on any atom is -0.436 e. The Balaban J connectivity index is 0.000000188. The molecular formula is C28H18F8N6O6. The van der Waals surface area contributed by atoms with E-state index in [9.17, 15) is 35.1 Å². The number of nitrogens with zero attached hydrogens (tertiary/aromatic N) is 6. The van der Waals surface area contributed by atoms with Crippen molar-refractivity contribution in [3.63, 3.8) is 0 Å². The fraction of sp³-hybridized carbons (Fsp3) is 0.214. The number of halogens is 8. The molecule has 0 fully saturated rings. The van der Waals surface area contributed by atoms with E-state index < -0.39 is 48.1 Å². The normalized spacial score (nSPS) is 17.2. The molecule has 0 radical (unpaired) electrons. The molecule has 252 valence electrons. The van der Waals surface area contributed by atoms with E-state index in [-0.39, 0.29) is 24.6 Å². The fourth-order valence-corrected chi connectivity index (χ4v) is 3.99. The number of hydrogen-bond donors (Lipinski definition) is 0. The molecule has 2 aliphatic rings. The van der Waals surface area contributed by atoms with Gasteiger partial charge < -0.3 is 28.6 Å². The number of rotatable bonds is 6. The van der Waals surface area contributed by atoms with E-state index in [2.05, 4.69) is 39.7 Å². The van der Waals surface area contributed by atoms with E-state index in [4.69, 9.17) is 19.1 Å². The lowest BCUT2D eigenvalue weighted by Crippen LogP contribution is -2.18. The van der Waals surface area contributed by atoms with Crippen LogP contribution in [-0.2, 0) is 9.68 Å². The summed E-state index contributed by atoms with van der Waals surface area (Å²) >= 11 is 0. The molecule has 0 spiro atoms. The molecule has 2 atom stereocenters. The topological polar surface area (TPSA) is 132 Å². The lowest BCUT2D eigenvalue weighted by molar-refractivity contribution is -0.276. The third kappa shape index (κ3) is 9.59. The molecule has 4 aromatic rings. The Labute approximate surface area is 263 Å². The fourth-order valence-electron chi connectivity index (χ4n) is 3.99. The average Bonchev–Trinajstić information content (AvgIpc) is 3.69. The number of benzene rings is 2. The molecule has 0 saturated carbocycles. The second-order valence-electron chi connectivity index (χ2n) is 9.39. The number of ether oxygens (including phenoxy) is 4. The molecule has 0 amide bonds. The van der Waals surface area contributed by atoms with Crippen molar-refractivity contribution in [1.82, 2.24) is 19.9 Å². The van der Waals surface area contributed by atoms with Crippen LogP contribution in [-0.4, -0.2) is 44.5 Å². The van der Waals surface area contributed by atoms with Gasteiger partial charge in [-0.2, -0.15) is 0 Å². The molecule has 2 aliphatic heterocycles. The predicted octanol–water partition coefficient (Wildman–Crippen LogP) is 6.74. The first kappa shape index (κ1) is 33.5. The highest BCUT2D eigenvalue weighted by molar-refractivity contribution is 5.80. The quantitative estimate of drug-likeness (QED) is 0.201. The van der Waals surface area contributed by atoms with Crippen LogP contribution in [0.5, 0.6) is 23.0 Å². The van der Waals surface area contributed by atoms with Crippen molar-refractivity contribution in [2.45, 2.75) is 37.8 Å². The highest BCUT2D eigenvalue weighted by atomic mass is 19.4. The van der Waals surface area contributed by atoms with Gasteiger partial charge in [0.1, 0.15) is 12.7 Å². The van der Waals surface area contributed by atoms with Crippen LogP contribution in [0.1, 0.15) is 36.2 Å². The Morgan fingerprint density at radius 3 is 1.29 bits per heavy atom. The number of alkyl halides is 6. The molecule has 2 aromatic heterocycles. The SMILES string of the molecule is Fc1cc([C@@H]2CC(Oc3cncnc3)=NO2)ccc1OC(F)(F)F.Fc1cc([C@H]2CC(Oc3cncnc3)=NO2)ccc1OC(F)(F)F. The van der Waals surface area contributed by atoms with Crippen LogP contribution in [0.15, 0.2) is 84.2 Å². The van der Waals surface area contributed by atoms with Gasteiger partial charge in [0, 0.05) is 0 Å². The maximum Gasteiger partial charge on any atom is 0.573 e. The van der Waals surface area contributed by atoms with Gasteiger partial charge in [-0.05, 0) is 35.4 Å². The molecule has 0 unspecified atom stereocenters. The van der Waals surface area contributed by atoms with Crippen LogP contribution in [0.3, 0.4) is 0 Å². The van der Waals surface area contributed by atoms with E-state index in [1.165, 1.54) is 49.6 Å². The average molecular weight is 686 g/mol. The molecule has 2 aromatic carbocycles. The first-order valence-electron chi connectivity index (χ1n) is 13.2. The van der Waals surface area contributed by atoms with Gasteiger partial charge in [0.25, 0.3) is 0 Å². The maximum absolute atomic E-state index is 13.7. The summed E-state index contributed by atoms with van der Waals surface area (Å²) in [6, 6.07) is 6.08. The van der Waals surface area contributed by atoms with Crippen LogP contribution in [0, 0.1) is 11.6 Å². The molecule has 0 N–H and O–H groups in total. The van der Waals surface area contributed by atoms with Crippen molar-refractivity contribution in [2.75, 3.05) is 0 Å². The Morgan fingerprint density at radius 1 is 0.583 bits per heavy atom. The van der Waals surface area contributed by atoms with Crippen molar-refractivity contribution in [3.8, 4) is 23.0 Å². The second kappa shape index (κ2) is 14.3. The van der Waals surface area contributed by atoms with Crippen LogP contribution < -0.4 is 18.9 Å². The summed E-state index contributed by atoms with van der Waals surface area (Å²) in [7, 11) is 0. The van der Waals surface area contributed by atoms with Crippen molar-refractivity contribution in [2.24, 2.45) is 10.3 Å². The van der Waals surface area contributed by atoms with E-state index in [1.807, 2.05) is 0 Å². The van der Waals surface area contributed by atoms with E-state index >= 15 is 0 Å². The summed E-state index contributed by atoms with van der Waals surface area (Å²) in [6.45, 7) is 0. The lowest BCUT2D eigenvalue weighted by atomic mass is 10.1. The Bertz CT molecular complexity index is 1630. The lowest BCUT2D eigenvalue weighted by Gasteiger charge is -2.12. The third-order valence-electron chi connectivity index (χ3n) is 5.94. The highest BCUT2D eigenvalue weighted by Crippen LogP contribution is 2.34. The van der Waals surface area contributed by atoms with Crippen LogP contribution in [0.2, 0.25) is 0 Å². The largest absolute Gasteiger partial charge is 0.573 e. The van der Waals surface area contributed by atoms with E-state index in [1.54, 1.807) is 0 Å². The molecular weight excluding hydrogens is 668 g/mol. The standard InChI is InChI=1S/2C14H9F4N3O3/c2*15-10-3-8(1-2-11(10)23-14(16,17)18)12-4-13(21-24-12)22-9-5-19-7-20-6-9/h2*1-3,5-7,12H,4H2/t2*12-/m10/s1. The third-order valence-corrected chi connectivity index (χ3v) is 5.94. The minimum absolute atomic E-state index is 0.174. The summed E-state index contributed by atoms with van der Waals surface area (Å²) < 4.78 is 118. The Hall–Kier alpha value is -5.82. The molecule has 6 rings (SSSR count). The number of oxime groups is 2. The summed E-state index contributed by atoms with van der Waals surface area (Å²) in [5.74, 6) is -3.01.